The molecule has 1 aliphatic heterocycles. The van der Waals surface area contributed by atoms with E-state index in [9.17, 15) is 13.2 Å². The van der Waals surface area contributed by atoms with E-state index in [2.05, 4.69) is 5.32 Å². The summed E-state index contributed by atoms with van der Waals surface area (Å²) in [4.78, 5) is 16.8. The van der Waals surface area contributed by atoms with Crippen LogP contribution in [0.5, 0.6) is 0 Å². The van der Waals surface area contributed by atoms with Crippen LogP contribution in [0.25, 0.3) is 21.8 Å². The Balaban J connectivity index is 1.39. The summed E-state index contributed by atoms with van der Waals surface area (Å²) in [7, 11) is -3.25. The highest BCUT2D eigenvalue weighted by molar-refractivity contribution is 7.92. The van der Waals surface area contributed by atoms with Gasteiger partial charge in [0.15, 0.2) is 0 Å². The summed E-state index contributed by atoms with van der Waals surface area (Å²) in [5.74, 6) is 0.256. The molecule has 1 N–H and O–H groups in total. The number of fused-ring (bicyclic) bond motifs is 1. The minimum Gasteiger partial charge on any atom is -0.326 e. The SMILES string of the molecule is CS(=O)(=O)N1CCc2cc(-c3csc(-c4cccc(NC(=O)C5CC5)c4)n3)ccc21. The summed E-state index contributed by atoms with van der Waals surface area (Å²) in [5.41, 5.74) is 5.38. The third-order valence-electron chi connectivity index (χ3n) is 5.46. The van der Waals surface area contributed by atoms with Gasteiger partial charge in [-0.2, -0.15) is 0 Å². The fourth-order valence-electron chi connectivity index (χ4n) is 3.73. The summed E-state index contributed by atoms with van der Waals surface area (Å²) < 4.78 is 25.3. The van der Waals surface area contributed by atoms with E-state index in [4.69, 9.17) is 4.98 Å². The van der Waals surface area contributed by atoms with E-state index in [-0.39, 0.29) is 11.8 Å². The number of amides is 1. The Morgan fingerprint density at radius 3 is 2.77 bits per heavy atom. The second-order valence-electron chi connectivity index (χ2n) is 7.81. The van der Waals surface area contributed by atoms with Gasteiger partial charge in [-0.25, -0.2) is 13.4 Å². The zero-order valence-electron chi connectivity index (χ0n) is 16.5. The van der Waals surface area contributed by atoms with E-state index in [1.807, 2.05) is 47.8 Å². The van der Waals surface area contributed by atoms with E-state index in [0.717, 1.165) is 51.6 Å². The summed E-state index contributed by atoms with van der Waals surface area (Å²) in [5, 5.41) is 5.87. The van der Waals surface area contributed by atoms with Gasteiger partial charge in [0, 0.05) is 34.7 Å². The number of sulfonamides is 1. The molecule has 0 spiro atoms. The molecule has 1 fully saturated rings. The molecule has 30 heavy (non-hydrogen) atoms. The molecule has 6 nitrogen and oxygen atoms in total. The lowest BCUT2D eigenvalue weighted by molar-refractivity contribution is -0.117. The maximum Gasteiger partial charge on any atom is 0.232 e. The van der Waals surface area contributed by atoms with E-state index in [0.29, 0.717) is 13.0 Å². The predicted octanol–water partition coefficient (Wildman–Crippen LogP) is 4.15. The first-order valence-electron chi connectivity index (χ1n) is 9.86. The topological polar surface area (TPSA) is 79.4 Å². The number of benzene rings is 2. The molecule has 2 aromatic carbocycles. The van der Waals surface area contributed by atoms with Gasteiger partial charge in [0.25, 0.3) is 0 Å². The first kappa shape index (κ1) is 19.3. The van der Waals surface area contributed by atoms with Crippen LogP contribution in [0.1, 0.15) is 18.4 Å². The number of thiazole rings is 1. The van der Waals surface area contributed by atoms with Crippen LogP contribution in [-0.2, 0) is 21.2 Å². The Kier molecular flexibility index (Phi) is 4.63. The second-order valence-corrected chi connectivity index (χ2v) is 10.6. The number of aromatic nitrogens is 1. The summed E-state index contributed by atoms with van der Waals surface area (Å²) in [6, 6.07) is 13.6. The maximum absolute atomic E-state index is 12.0. The minimum atomic E-state index is -3.25. The average Bonchev–Trinajstić information content (AvgIpc) is 3.29. The van der Waals surface area contributed by atoms with Crippen LogP contribution in [0.15, 0.2) is 47.8 Å². The van der Waals surface area contributed by atoms with Crippen molar-refractivity contribution in [2.24, 2.45) is 5.92 Å². The molecule has 5 rings (SSSR count). The summed E-state index contributed by atoms with van der Waals surface area (Å²) in [6.07, 6.45) is 3.90. The Bertz CT molecular complexity index is 1250. The molecular formula is C22H21N3O3S2. The Morgan fingerprint density at radius 1 is 1.17 bits per heavy atom. The number of hydrogen-bond acceptors (Lipinski definition) is 5. The van der Waals surface area contributed by atoms with Gasteiger partial charge in [0.2, 0.25) is 15.9 Å². The van der Waals surface area contributed by atoms with Crippen molar-refractivity contribution in [2.75, 3.05) is 22.4 Å². The molecule has 2 aliphatic rings. The lowest BCUT2D eigenvalue weighted by atomic mass is 10.1. The zero-order chi connectivity index (χ0) is 20.9. The van der Waals surface area contributed by atoms with Crippen LogP contribution in [0.4, 0.5) is 11.4 Å². The molecule has 0 radical (unpaired) electrons. The fourth-order valence-corrected chi connectivity index (χ4v) is 5.52. The molecule has 8 heteroatoms. The highest BCUT2D eigenvalue weighted by Gasteiger charge is 2.29. The lowest BCUT2D eigenvalue weighted by Gasteiger charge is -2.16. The van der Waals surface area contributed by atoms with Gasteiger partial charge in [-0.15, -0.1) is 11.3 Å². The van der Waals surface area contributed by atoms with Gasteiger partial charge in [-0.05, 0) is 49.1 Å². The van der Waals surface area contributed by atoms with Gasteiger partial charge in [0.1, 0.15) is 5.01 Å². The third-order valence-corrected chi connectivity index (χ3v) is 7.53. The first-order chi connectivity index (χ1) is 14.4. The molecular weight excluding hydrogens is 418 g/mol. The number of hydrogen-bond donors (Lipinski definition) is 1. The second kappa shape index (κ2) is 7.21. The van der Waals surface area contributed by atoms with E-state index in [1.165, 1.54) is 10.6 Å². The zero-order valence-corrected chi connectivity index (χ0v) is 18.1. The highest BCUT2D eigenvalue weighted by Crippen LogP contribution is 2.36. The number of rotatable bonds is 5. The molecule has 154 valence electrons. The predicted molar refractivity (Wildman–Crippen MR) is 120 cm³/mol. The normalized spacial score (nSPS) is 15.8. The number of nitrogens with zero attached hydrogens (tertiary/aromatic N) is 2. The first-order valence-corrected chi connectivity index (χ1v) is 12.6. The Labute approximate surface area is 179 Å². The average molecular weight is 440 g/mol. The van der Waals surface area contributed by atoms with Crippen LogP contribution < -0.4 is 9.62 Å². The standard InChI is InChI=1S/C22H21N3O3S2/c1-30(27,28)25-10-9-16-11-15(7-8-20(16)25)19-13-29-22(24-19)17-3-2-4-18(12-17)23-21(26)14-5-6-14/h2-4,7-8,11-14H,5-6,9-10H2,1H3,(H,23,26). The third kappa shape index (κ3) is 3.73. The smallest absolute Gasteiger partial charge is 0.232 e. The van der Waals surface area contributed by atoms with Crippen molar-refractivity contribution in [1.29, 1.82) is 0 Å². The number of nitrogens with one attached hydrogen (secondary N) is 1. The molecule has 1 aliphatic carbocycles. The Hall–Kier alpha value is -2.71. The van der Waals surface area contributed by atoms with Crippen molar-refractivity contribution in [3.63, 3.8) is 0 Å². The summed E-state index contributed by atoms with van der Waals surface area (Å²) >= 11 is 1.55. The molecule has 0 saturated heterocycles. The Morgan fingerprint density at radius 2 is 2.00 bits per heavy atom. The maximum atomic E-state index is 12.0. The lowest BCUT2D eigenvalue weighted by Crippen LogP contribution is -2.27. The monoisotopic (exact) mass is 439 g/mol. The van der Waals surface area contributed by atoms with Crippen molar-refractivity contribution < 1.29 is 13.2 Å². The summed E-state index contributed by atoms with van der Waals surface area (Å²) in [6.45, 7) is 0.485. The van der Waals surface area contributed by atoms with Crippen molar-refractivity contribution in [3.05, 3.63) is 53.4 Å². The van der Waals surface area contributed by atoms with Gasteiger partial charge in [-0.3, -0.25) is 9.10 Å². The van der Waals surface area contributed by atoms with Crippen LogP contribution in [0, 0.1) is 5.92 Å². The van der Waals surface area contributed by atoms with Crippen LogP contribution in [0.3, 0.4) is 0 Å². The van der Waals surface area contributed by atoms with Crippen molar-refractivity contribution >= 4 is 38.6 Å². The molecule has 0 unspecified atom stereocenters. The fraction of sp³-hybridized carbons (Fsp3) is 0.273. The van der Waals surface area contributed by atoms with E-state index in [1.54, 1.807) is 11.3 Å². The van der Waals surface area contributed by atoms with Gasteiger partial charge in [0.05, 0.1) is 17.6 Å². The quantitative estimate of drug-likeness (QED) is 0.648. The highest BCUT2D eigenvalue weighted by atomic mass is 32.2. The van der Waals surface area contributed by atoms with E-state index < -0.39 is 10.0 Å². The molecule has 1 amide bonds. The van der Waals surface area contributed by atoms with Crippen LogP contribution in [-0.4, -0.2) is 32.1 Å². The van der Waals surface area contributed by atoms with Crippen molar-refractivity contribution in [1.82, 2.24) is 4.98 Å². The molecule has 3 aromatic rings. The van der Waals surface area contributed by atoms with Gasteiger partial charge < -0.3 is 5.32 Å². The van der Waals surface area contributed by atoms with Crippen molar-refractivity contribution in [3.8, 4) is 21.8 Å². The van der Waals surface area contributed by atoms with Gasteiger partial charge in [-0.1, -0.05) is 18.2 Å². The number of carbonyl (C=O) groups excluding carboxylic acids is 1. The van der Waals surface area contributed by atoms with Crippen LogP contribution >= 0.6 is 11.3 Å². The largest absolute Gasteiger partial charge is 0.326 e. The molecule has 1 aromatic heterocycles. The van der Waals surface area contributed by atoms with Crippen molar-refractivity contribution in [2.45, 2.75) is 19.3 Å². The number of carbonyl (C=O) groups is 1. The van der Waals surface area contributed by atoms with Crippen LogP contribution in [0.2, 0.25) is 0 Å². The minimum absolute atomic E-state index is 0.0910. The molecule has 0 atom stereocenters. The van der Waals surface area contributed by atoms with E-state index >= 15 is 0 Å². The molecule has 0 bridgehead atoms. The number of anilines is 2. The molecule has 1 saturated carbocycles. The van der Waals surface area contributed by atoms with Gasteiger partial charge >= 0.3 is 0 Å². The molecule has 2 heterocycles.